The van der Waals surface area contributed by atoms with Crippen LogP contribution in [0.15, 0.2) is 84.9 Å². The molecule has 0 saturated carbocycles. The highest BCUT2D eigenvalue weighted by Gasteiger charge is 2.35. The van der Waals surface area contributed by atoms with Crippen LogP contribution in [0.2, 0.25) is 0 Å². The molecule has 3 aromatic carbocycles. The fourth-order valence-electron chi connectivity index (χ4n) is 4.30. The number of fused-ring (bicyclic) bond motifs is 1. The van der Waals surface area contributed by atoms with Crippen LogP contribution in [0.4, 0.5) is 0 Å². The smallest absolute Gasteiger partial charge is 0.261 e. The maximum absolute atomic E-state index is 13.3. The number of carbonyl (C=O) groups is 3. The number of benzene rings is 3. The maximum Gasteiger partial charge on any atom is 0.261 e. The average molecular weight is 427 g/mol. The number of carbonyl (C=O) groups excluding carboxylic acids is 3. The summed E-state index contributed by atoms with van der Waals surface area (Å²) in [6.45, 7) is 2.76. The van der Waals surface area contributed by atoms with Crippen LogP contribution in [0.5, 0.6) is 0 Å². The molecule has 162 valence electrons. The van der Waals surface area contributed by atoms with Gasteiger partial charge in [0.15, 0.2) is 0 Å². The van der Waals surface area contributed by atoms with E-state index in [4.69, 9.17) is 0 Å². The lowest BCUT2D eigenvalue weighted by molar-refractivity contribution is -0.132. The lowest BCUT2D eigenvalue weighted by atomic mass is 9.96. The molecule has 0 fully saturated rings. The zero-order valence-electron chi connectivity index (χ0n) is 18.1. The van der Waals surface area contributed by atoms with E-state index < -0.39 is 0 Å². The highest BCUT2D eigenvalue weighted by molar-refractivity contribution is 6.21. The third-order valence-corrected chi connectivity index (χ3v) is 5.85. The minimum atomic E-state index is -0.281. The fraction of sp³-hybridized carbons (Fsp3) is 0.222. The second-order valence-corrected chi connectivity index (χ2v) is 7.81. The van der Waals surface area contributed by atoms with Gasteiger partial charge in [-0.15, -0.1) is 0 Å². The molecule has 3 amide bonds. The molecule has 0 bridgehead atoms. The summed E-state index contributed by atoms with van der Waals surface area (Å²) in [6, 6.07) is 26.6. The minimum Gasteiger partial charge on any atom is -0.332 e. The van der Waals surface area contributed by atoms with Crippen molar-refractivity contribution >= 4 is 17.7 Å². The van der Waals surface area contributed by atoms with Crippen LogP contribution < -0.4 is 0 Å². The summed E-state index contributed by atoms with van der Waals surface area (Å²) in [5.74, 6) is -0.560. The summed E-state index contributed by atoms with van der Waals surface area (Å²) in [7, 11) is 0. The maximum atomic E-state index is 13.3. The van der Waals surface area contributed by atoms with Gasteiger partial charge in [0.25, 0.3) is 11.8 Å². The van der Waals surface area contributed by atoms with Crippen molar-refractivity contribution in [1.29, 1.82) is 0 Å². The summed E-state index contributed by atoms with van der Waals surface area (Å²) < 4.78 is 0. The van der Waals surface area contributed by atoms with Gasteiger partial charge < -0.3 is 4.90 Å². The van der Waals surface area contributed by atoms with Gasteiger partial charge in [0, 0.05) is 19.5 Å². The van der Waals surface area contributed by atoms with E-state index >= 15 is 0 Å². The number of imide groups is 1. The molecule has 4 rings (SSSR count). The second kappa shape index (κ2) is 9.60. The molecule has 0 saturated heterocycles. The predicted molar refractivity (Wildman–Crippen MR) is 123 cm³/mol. The van der Waals surface area contributed by atoms with E-state index in [0.29, 0.717) is 24.1 Å². The molecular formula is C27H26N2O3. The first-order valence-electron chi connectivity index (χ1n) is 11.0. The quantitative estimate of drug-likeness (QED) is 0.491. The molecule has 1 aliphatic rings. The SMILES string of the molecule is CCN(C(=O)CCCN1C(=O)c2ccccc2C1=O)C(c1ccccc1)c1ccccc1. The van der Waals surface area contributed by atoms with Gasteiger partial charge in [-0.25, -0.2) is 0 Å². The molecular weight excluding hydrogens is 400 g/mol. The van der Waals surface area contributed by atoms with Crippen LogP contribution in [0, 0.1) is 0 Å². The molecule has 0 unspecified atom stereocenters. The third-order valence-electron chi connectivity index (χ3n) is 5.85. The van der Waals surface area contributed by atoms with Gasteiger partial charge in [0.05, 0.1) is 17.2 Å². The average Bonchev–Trinajstić information content (AvgIpc) is 3.08. The number of hydrogen-bond acceptors (Lipinski definition) is 3. The van der Waals surface area contributed by atoms with E-state index in [1.54, 1.807) is 24.3 Å². The summed E-state index contributed by atoms with van der Waals surface area (Å²) in [4.78, 5) is 41.5. The molecule has 0 N–H and O–H groups in total. The van der Waals surface area contributed by atoms with Gasteiger partial charge in [0.2, 0.25) is 5.91 Å². The van der Waals surface area contributed by atoms with Crippen molar-refractivity contribution in [3.63, 3.8) is 0 Å². The Balaban J connectivity index is 1.47. The van der Waals surface area contributed by atoms with Gasteiger partial charge in [-0.1, -0.05) is 72.8 Å². The molecule has 32 heavy (non-hydrogen) atoms. The molecule has 5 heteroatoms. The Bertz CT molecular complexity index is 1040. The van der Waals surface area contributed by atoms with Gasteiger partial charge >= 0.3 is 0 Å². The van der Waals surface area contributed by atoms with Crippen molar-refractivity contribution in [2.24, 2.45) is 0 Å². The summed E-state index contributed by atoms with van der Waals surface area (Å²) in [5, 5.41) is 0. The first-order chi connectivity index (χ1) is 15.6. The van der Waals surface area contributed by atoms with E-state index in [0.717, 1.165) is 11.1 Å². The van der Waals surface area contributed by atoms with Gasteiger partial charge in [-0.3, -0.25) is 19.3 Å². The van der Waals surface area contributed by atoms with E-state index in [2.05, 4.69) is 0 Å². The Hall–Kier alpha value is -3.73. The molecule has 0 spiro atoms. The molecule has 0 atom stereocenters. The normalized spacial score (nSPS) is 12.9. The van der Waals surface area contributed by atoms with E-state index in [1.807, 2.05) is 72.5 Å². The van der Waals surface area contributed by atoms with Crippen molar-refractivity contribution in [3.05, 3.63) is 107 Å². The summed E-state index contributed by atoms with van der Waals surface area (Å²) in [6.07, 6.45) is 0.689. The van der Waals surface area contributed by atoms with Crippen molar-refractivity contribution in [2.45, 2.75) is 25.8 Å². The van der Waals surface area contributed by atoms with Crippen molar-refractivity contribution in [3.8, 4) is 0 Å². The molecule has 0 aromatic heterocycles. The van der Waals surface area contributed by atoms with E-state index in [1.165, 1.54) is 4.90 Å². The van der Waals surface area contributed by atoms with Crippen LogP contribution in [0.1, 0.15) is 57.7 Å². The Morgan fingerprint density at radius 2 is 1.25 bits per heavy atom. The van der Waals surface area contributed by atoms with Crippen molar-refractivity contribution in [2.75, 3.05) is 13.1 Å². The Morgan fingerprint density at radius 1 is 0.781 bits per heavy atom. The topological polar surface area (TPSA) is 57.7 Å². The Morgan fingerprint density at radius 3 is 1.72 bits per heavy atom. The van der Waals surface area contributed by atoms with Crippen LogP contribution >= 0.6 is 0 Å². The number of amides is 3. The van der Waals surface area contributed by atoms with Crippen LogP contribution in [0.25, 0.3) is 0 Å². The van der Waals surface area contributed by atoms with Crippen molar-refractivity contribution in [1.82, 2.24) is 9.80 Å². The van der Waals surface area contributed by atoms with Crippen LogP contribution in [0.3, 0.4) is 0 Å². The lowest BCUT2D eigenvalue weighted by Gasteiger charge is -2.32. The molecule has 0 radical (unpaired) electrons. The second-order valence-electron chi connectivity index (χ2n) is 7.81. The summed E-state index contributed by atoms with van der Waals surface area (Å²) in [5.41, 5.74) is 2.97. The highest BCUT2D eigenvalue weighted by atomic mass is 16.2. The van der Waals surface area contributed by atoms with E-state index in [9.17, 15) is 14.4 Å². The molecule has 3 aromatic rings. The first kappa shape index (κ1) is 21.5. The molecule has 1 heterocycles. The van der Waals surface area contributed by atoms with Crippen molar-refractivity contribution < 1.29 is 14.4 Å². The zero-order valence-corrected chi connectivity index (χ0v) is 18.1. The van der Waals surface area contributed by atoms with E-state index in [-0.39, 0.29) is 36.7 Å². The standard InChI is InChI=1S/C27H26N2O3/c1-2-28(25(20-12-5-3-6-13-20)21-14-7-4-8-15-21)24(30)18-11-19-29-26(31)22-16-9-10-17-23(22)27(29)32/h3-10,12-17,25H,2,11,18-19H2,1H3. The number of nitrogens with zero attached hydrogens (tertiary/aromatic N) is 2. The largest absolute Gasteiger partial charge is 0.332 e. The van der Waals surface area contributed by atoms with Gasteiger partial charge in [0.1, 0.15) is 0 Å². The monoisotopic (exact) mass is 426 g/mol. The molecule has 0 aliphatic carbocycles. The van der Waals surface area contributed by atoms with Crippen LogP contribution in [-0.2, 0) is 4.79 Å². The summed E-state index contributed by atoms with van der Waals surface area (Å²) >= 11 is 0. The minimum absolute atomic E-state index is 0.00168. The Kier molecular flexibility index (Phi) is 6.45. The fourth-order valence-corrected chi connectivity index (χ4v) is 4.30. The Labute approximate surface area is 188 Å². The zero-order chi connectivity index (χ0) is 22.5. The number of rotatable bonds is 8. The third kappa shape index (κ3) is 4.19. The van der Waals surface area contributed by atoms with Gasteiger partial charge in [-0.05, 0) is 36.6 Å². The molecule has 1 aliphatic heterocycles. The highest BCUT2D eigenvalue weighted by Crippen LogP contribution is 2.29. The van der Waals surface area contributed by atoms with Gasteiger partial charge in [-0.2, -0.15) is 0 Å². The number of hydrogen-bond donors (Lipinski definition) is 0. The lowest BCUT2D eigenvalue weighted by Crippen LogP contribution is -2.36. The first-order valence-corrected chi connectivity index (χ1v) is 11.0. The van der Waals surface area contributed by atoms with Crippen LogP contribution in [-0.4, -0.2) is 40.6 Å². The molecule has 5 nitrogen and oxygen atoms in total. The predicted octanol–water partition coefficient (Wildman–Crippen LogP) is 4.70.